The summed E-state index contributed by atoms with van der Waals surface area (Å²) in [6.07, 6.45) is 3.23. The zero-order chi connectivity index (χ0) is 21.5. The number of aryl methyl sites for hydroxylation is 1. The van der Waals surface area contributed by atoms with Crippen LogP contribution in [-0.2, 0) is 9.59 Å². The van der Waals surface area contributed by atoms with E-state index < -0.39 is 0 Å². The van der Waals surface area contributed by atoms with Crippen LogP contribution in [0.25, 0.3) is 6.08 Å². The first-order chi connectivity index (χ1) is 14.5. The van der Waals surface area contributed by atoms with Gasteiger partial charge in [-0.15, -0.1) is 0 Å². The molecular weight excluding hydrogens is 452 g/mol. The van der Waals surface area contributed by atoms with E-state index in [1.165, 1.54) is 6.08 Å². The van der Waals surface area contributed by atoms with Crippen LogP contribution >= 0.6 is 15.9 Å². The quantitative estimate of drug-likeness (QED) is 0.597. The van der Waals surface area contributed by atoms with Gasteiger partial charge in [-0.2, -0.15) is 0 Å². The molecule has 1 aliphatic rings. The molecule has 0 atom stereocenters. The number of halogens is 1. The summed E-state index contributed by atoms with van der Waals surface area (Å²) in [4.78, 5) is 24.2. The molecule has 158 valence electrons. The number of carbonyl (C=O) groups is 2. The Morgan fingerprint density at radius 1 is 1.20 bits per heavy atom. The molecule has 0 aliphatic carbocycles. The van der Waals surface area contributed by atoms with Gasteiger partial charge in [0.05, 0.1) is 7.11 Å². The highest BCUT2D eigenvalue weighted by Gasteiger charge is 2.17. The summed E-state index contributed by atoms with van der Waals surface area (Å²) in [7, 11) is 1.55. The molecule has 2 amide bonds. The minimum Gasteiger partial charge on any atom is -0.493 e. The number of benzene rings is 2. The van der Waals surface area contributed by atoms with Crippen molar-refractivity contribution in [3.63, 3.8) is 0 Å². The van der Waals surface area contributed by atoms with E-state index in [9.17, 15) is 9.59 Å². The first-order valence-corrected chi connectivity index (χ1v) is 10.2. The van der Waals surface area contributed by atoms with Gasteiger partial charge in [0.1, 0.15) is 13.2 Å². The topological polar surface area (TPSA) is 85.9 Å². The molecule has 0 radical (unpaired) electrons. The second kappa shape index (κ2) is 10.2. The van der Waals surface area contributed by atoms with Crippen molar-refractivity contribution in [2.75, 3.05) is 32.2 Å². The van der Waals surface area contributed by atoms with Crippen molar-refractivity contribution >= 4 is 39.5 Å². The molecular formula is C22H23BrN2O5. The van der Waals surface area contributed by atoms with Crippen LogP contribution in [0, 0.1) is 6.92 Å². The van der Waals surface area contributed by atoms with Crippen molar-refractivity contribution in [2.45, 2.75) is 13.3 Å². The second-order valence-electron chi connectivity index (χ2n) is 6.63. The number of rotatable bonds is 7. The maximum atomic E-state index is 12.1. The number of amides is 2. The van der Waals surface area contributed by atoms with Gasteiger partial charge in [-0.25, -0.2) is 0 Å². The van der Waals surface area contributed by atoms with Crippen molar-refractivity contribution in [3.05, 3.63) is 52.0 Å². The molecule has 2 N–H and O–H groups in total. The number of carbonyl (C=O) groups excluding carboxylic acids is 2. The molecule has 2 aromatic carbocycles. The van der Waals surface area contributed by atoms with E-state index in [1.807, 2.05) is 25.1 Å². The van der Waals surface area contributed by atoms with Crippen molar-refractivity contribution < 1.29 is 23.8 Å². The number of anilines is 1. The Morgan fingerprint density at radius 3 is 2.80 bits per heavy atom. The van der Waals surface area contributed by atoms with Gasteiger partial charge in [0.25, 0.3) is 0 Å². The zero-order valence-corrected chi connectivity index (χ0v) is 18.4. The zero-order valence-electron chi connectivity index (χ0n) is 16.8. The Labute approximate surface area is 183 Å². The normalized spacial score (nSPS) is 12.5. The van der Waals surface area contributed by atoms with Gasteiger partial charge >= 0.3 is 0 Å². The lowest BCUT2D eigenvalue weighted by Gasteiger charge is -2.20. The van der Waals surface area contributed by atoms with Crippen LogP contribution < -0.4 is 24.8 Å². The van der Waals surface area contributed by atoms with E-state index in [0.29, 0.717) is 30.5 Å². The summed E-state index contributed by atoms with van der Waals surface area (Å²) in [5, 5.41) is 5.55. The maximum Gasteiger partial charge on any atom is 0.244 e. The van der Waals surface area contributed by atoms with E-state index >= 15 is 0 Å². The monoisotopic (exact) mass is 474 g/mol. The van der Waals surface area contributed by atoms with Crippen molar-refractivity contribution in [3.8, 4) is 17.2 Å². The third-order valence-electron chi connectivity index (χ3n) is 4.40. The average Bonchev–Trinajstić information content (AvgIpc) is 2.74. The first kappa shape index (κ1) is 21.7. The average molecular weight is 475 g/mol. The SMILES string of the molecule is COc1cc(/C=C/C(=O)NCCC(=O)Nc2cc(Br)ccc2C)cc2c1OCCO2. The largest absolute Gasteiger partial charge is 0.493 e. The minimum absolute atomic E-state index is 0.169. The van der Waals surface area contributed by atoms with Crippen LogP contribution in [0.2, 0.25) is 0 Å². The van der Waals surface area contributed by atoms with E-state index in [1.54, 1.807) is 25.3 Å². The lowest BCUT2D eigenvalue weighted by atomic mass is 10.1. The lowest BCUT2D eigenvalue weighted by Crippen LogP contribution is -2.26. The number of hydrogen-bond donors (Lipinski definition) is 2. The van der Waals surface area contributed by atoms with Crippen LogP contribution in [0.5, 0.6) is 17.2 Å². The van der Waals surface area contributed by atoms with E-state index in [2.05, 4.69) is 26.6 Å². The molecule has 0 saturated heterocycles. The number of nitrogens with one attached hydrogen (secondary N) is 2. The van der Waals surface area contributed by atoms with Crippen LogP contribution in [0.3, 0.4) is 0 Å². The Hall–Kier alpha value is -3.00. The Bertz CT molecular complexity index is 957. The molecule has 2 aromatic rings. The van der Waals surface area contributed by atoms with Crippen LogP contribution in [0.15, 0.2) is 40.9 Å². The van der Waals surface area contributed by atoms with E-state index in [4.69, 9.17) is 14.2 Å². The molecule has 0 spiro atoms. The number of ether oxygens (including phenoxy) is 3. The molecule has 30 heavy (non-hydrogen) atoms. The molecule has 0 unspecified atom stereocenters. The molecule has 0 bridgehead atoms. The van der Waals surface area contributed by atoms with Gasteiger partial charge in [-0.3, -0.25) is 9.59 Å². The predicted octanol–water partition coefficient (Wildman–Crippen LogP) is 3.70. The van der Waals surface area contributed by atoms with Crippen LogP contribution in [-0.4, -0.2) is 38.7 Å². The summed E-state index contributed by atoms with van der Waals surface area (Å²) in [5.41, 5.74) is 2.45. The maximum absolute atomic E-state index is 12.1. The van der Waals surface area contributed by atoms with Gasteiger partial charge in [-0.05, 0) is 48.4 Å². The van der Waals surface area contributed by atoms with Gasteiger partial charge in [0.2, 0.25) is 17.6 Å². The van der Waals surface area contributed by atoms with E-state index in [-0.39, 0.29) is 24.8 Å². The molecule has 0 aromatic heterocycles. The number of methoxy groups -OCH3 is 1. The summed E-state index contributed by atoms with van der Waals surface area (Å²) in [5.74, 6) is 1.23. The predicted molar refractivity (Wildman–Crippen MR) is 118 cm³/mol. The van der Waals surface area contributed by atoms with Crippen molar-refractivity contribution in [1.29, 1.82) is 0 Å². The molecule has 1 heterocycles. The molecule has 7 nitrogen and oxygen atoms in total. The number of hydrogen-bond acceptors (Lipinski definition) is 5. The molecule has 0 saturated carbocycles. The van der Waals surface area contributed by atoms with Crippen LogP contribution in [0.4, 0.5) is 5.69 Å². The van der Waals surface area contributed by atoms with Gasteiger partial charge < -0.3 is 24.8 Å². The second-order valence-corrected chi connectivity index (χ2v) is 7.54. The highest BCUT2D eigenvalue weighted by Crippen LogP contribution is 2.40. The fourth-order valence-corrected chi connectivity index (χ4v) is 3.22. The summed E-state index contributed by atoms with van der Waals surface area (Å²) in [6.45, 7) is 3.08. The van der Waals surface area contributed by atoms with Crippen LogP contribution in [0.1, 0.15) is 17.5 Å². The molecule has 1 aliphatic heterocycles. The fourth-order valence-electron chi connectivity index (χ4n) is 2.86. The lowest BCUT2D eigenvalue weighted by molar-refractivity contribution is -0.117. The Kier molecular flexibility index (Phi) is 7.35. The fraction of sp³-hybridized carbons (Fsp3) is 0.273. The standard InChI is InChI=1S/C22H23BrN2O5/c1-14-3-5-16(23)13-17(14)25-21(27)7-8-24-20(26)6-4-15-11-18(28-2)22-19(12-15)29-9-10-30-22/h3-6,11-13H,7-10H2,1-2H3,(H,24,26)(H,25,27)/b6-4+. The number of fused-ring (bicyclic) bond motifs is 1. The highest BCUT2D eigenvalue weighted by molar-refractivity contribution is 9.10. The summed E-state index contributed by atoms with van der Waals surface area (Å²) >= 11 is 3.39. The highest BCUT2D eigenvalue weighted by atomic mass is 79.9. The molecule has 8 heteroatoms. The summed E-state index contributed by atoms with van der Waals surface area (Å²) in [6, 6.07) is 9.23. The summed E-state index contributed by atoms with van der Waals surface area (Å²) < 4.78 is 17.4. The van der Waals surface area contributed by atoms with Gasteiger partial charge in [0.15, 0.2) is 11.5 Å². The Balaban J connectivity index is 1.50. The van der Waals surface area contributed by atoms with Gasteiger partial charge in [-0.1, -0.05) is 22.0 Å². The van der Waals surface area contributed by atoms with Gasteiger partial charge in [0, 0.05) is 29.2 Å². The Morgan fingerprint density at radius 2 is 2.00 bits per heavy atom. The molecule has 3 rings (SSSR count). The third-order valence-corrected chi connectivity index (χ3v) is 4.90. The first-order valence-electron chi connectivity index (χ1n) is 9.46. The smallest absolute Gasteiger partial charge is 0.244 e. The molecule has 0 fully saturated rings. The van der Waals surface area contributed by atoms with E-state index in [0.717, 1.165) is 21.3 Å². The van der Waals surface area contributed by atoms with Crippen molar-refractivity contribution in [2.24, 2.45) is 0 Å². The third kappa shape index (κ3) is 5.76. The van der Waals surface area contributed by atoms with Crippen molar-refractivity contribution in [1.82, 2.24) is 5.32 Å². The minimum atomic E-state index is -0.296.